The van der Waals surface area contributed by atoms with Gasteiger partial charge >= 0.3 is 6.17 Å². The fraction of sp³-hybridized carbons (Fsp3) is 1.00. The van der Waals surface area contributed by atoms with Gasteiger partial charge in [-0.15, -0.1) is 0 Å². The lowest BCUT2D eigenvalue weighted by atomic mass is 10.9. The van der Waals surface area contributed by atoms with Crippen LogP contribution < -0.4 is 10.6 Å². The minimum atomic E-state index is -2.92. The maximum Gasteiger partial charge on any atom is 0.364 e. The molecule has 2 N–H and O–H groups in total. The fourth-order valence-electron chi connectivity index (χ4n) is 0.125. The van der Waals surface area contributed by atoms with Crippen molar-refractivity contribution in [1.82, 2.24) is 10.6 Å². The van der Waals surface area contributed by atoms with Gasteiger partial charge in [0.2, 0.25) is 0 Å². The van der Waals surface area contributed by atoms with Crippen LogP contribution in [0.4, 0.5) is 8.78 Å². The predicted molar refractivity (Wildman–Crippen MR) is 23.1 cm³/mol. The molecule has 0 aliphatic heterocycles. The Morgan fingerprint density at radius 2 is 1.43 bits per heavy atom. The maximum absolute atomic E-state index is 11.7. The number of rotatable bonds is 2. The molecule has 0 aliphatic carbocycles. The van der Waals surface area contributed by atoms with Crippen LogP contribution in [0.3, 0.4) is 0 Å². The SMILES string of the molecule is CNC(F)(F)NC. The van der Waals surface area contributed by atoms with E-state index in [0.29, 0.717) is 0 Å². The lowest BCUT2D eigenvalue weighted by Crippen LogP contribution is -2.45. The van der Waals surface area contributed by atoms with Gasteiger partial charge in [0, 0.05) is 0 Å². The molecule has 0 aliphatic rings. The van der Waals surface area contributed by atoms with Crippen LogP contribution in [0.15, 0.2) is 0 Å². The number of hydrogen-bond donors (Lipinski definition) is 2. The van der Waals surface area contributed by atoms with Gasteiger partial charge in [0.1, 0.15) is 0 Å². The summed E-state index contributed by atoms with van der Waals surface area (Å²) in [4.78, 5) is 0. The molecule has 2 nitrogen and oxygen atoms in total. The van der Waals surface area contributed by atoms with Crippen molar-refractivity contribution in [2.75, 3.05) is 14.1 Å². The number of alkyl halides is 2. The van der Waals surface area contributed by atoms with E-state index in [9.17, 15) is 8.78 Å². The predicted octanol–water partition coefficient (Wildman–Crippen LogP) is -0.0245. The Morgan fingerprint density at radius 1 is 1.14 bits per heavy atom. The fourth-order valence-corrected chi connectivity index (χ4v) is 0.125. The lowest BCUT2D eigenvalue weighted by Gasteiger charge is -2.11. The van der Waals surface area contributed by atoms with Gasteiger partial charge < -0.3 is 0 Å². The normalized spacial score (nSPS) is 12.0. The average Bonchev–Trinajstić information content (AvgIpc) is 1.68. The zero-order valence-electron chi connectivity index (χ0n) is 4.26. The third kappa shape index (κ3) is 2.47. The van der Waals surface area contributed by atoms with Crippen LogP contribution in [0.5, 0.6) is 0 Å². The van der Waals surface area contributed by atoms with Gasteiger partial charge in [0.15, 0.2) is 0 Å². The molecule has 4 heteroatoms. The van der Waals surface area contributed by atoms with Gasteiger partial charge in [-0.1, -0.05) is 0 Å². The summed E-state index contributed by atoms with van der Waals surface area (Å²) in [5, 5.41) is 3.49. The van der Waals surface area contributed by atoms with Gasteiger partial charge in [-0.05, 0) is 14.1 Å². The van der Waals surface area contributed by atoms with Gasteiger partial charge in [0.25, 0.3) is 0 Å². The van der Waals surface area contributed by atoms with E-state index >= 15 is 0 Å². The van der Waals surface area contributed by atoms with Crippen molar-refractivity contribution in [2.24, 2.45) is 0 Å². The molecule has 0 heterocycles. The molecule has 0 bridgehead atoms. The van der Waals surface area contributed by atoms with E-state index < -0.39 is 6.17 Å². The second kappa shape index (κ2) is 2.18. The lowest BCUT2D eigenvalue weighted by molar-refractivity contribution is -0.0541. The third-order valence-corrected chi connectivity index (χ3v) is 0.628. The highest BCUT2D eigenvalue weighted by molar-refractivity contribution is 4.48. The molecule has 0 saturated heterocycles. The Balaban J connectivity index is 3.36. The van der Waals surface area contributed by atoms with Crippen molar-refractivity contribution < 1.29 is 8.78 Å². The summed E-state index contributed by atoms with van der Waals surface area (Å²) >= 11 is 0. The van der Waals surface area contributed by atoms with Crippen LogP contribution in [0.1, 0.15) is 0 Å². The van der Waals surface area contributed by atoms with E-state index in [1.807, 2.05) is 0 Å². The summed E-state index contributed by atoms with van der Waals surface area (Å²) in [7, 11) is 2.35. The first-order valence-corrected chi connectivity index (χ1v) is 1.88. The molecule has 7 heavy (non-hydrogen) atoms. The van der Waals surface area contributed by atoms with Crippen molar-refractivity contribution in [3.05, 3.63) is 0 Å². The highest BCUT2D eigenvalue weighted by atomic mass is 19.3. The van der Waals surface area contributed by atoms with Crippen molar-refractivity contribution in [3.8, 4) is 0 Å². The van der Waals surface area contributed by atoms with E-state index in [4.69, 9.17) is 0 Å². The van der Waals surface area contributed by atoms with Crippen LogP contribution in [0.25, 0.3) is 0 Å². The number of hydrogen-bond acceptors (Lipinski definition) is 2. The van der Waals surface area contributed by atoms with Crippen molar-refractivity contribution in [1.29, 1.82) is 0 Å². The molecule has 0 unspecified atom stereocenters. The minimum absolute atomic E-state index is 1.18. The van der Waals surface area contributed by atoms with Crippen molar-refractivity contribution in [2.45, 2.75) is 6.17 Å². The molecule has 0 radical (unpaired) electrons. The number of nitrogens with one attached hydrogen (secondary N) is 2. The van der Waals surface area contributed by atoms with Gasteiger partial charge in [-0.2, -0.15) is 8.78 Å². The molecule has 0 fully saturated rings. The summed E-state index contributed by atoms with van der Waals surface area (Å²) < 4.78 is 23.3. The molecule has 0 rings (SSSR count). The largest absolute Gasteiger partial charge is 0.364 e. The molecule has 0 aromatic heterocycles. The standard InChI is InChI=1S/C3H8F2N2/c1-6-3(4,5)7-2/h6-7H,1-2H3. The monoisotopic (exact) mass is 110 g/mol. The highest BCUT2D eigenvalue weighted by Gasteiger charge is 2.21. The summed E-state index contributed by atoms with van der Waals surface area (Å²) in [5.41, 5.74) is 0. The zero-order valence-corrected chi connectivity index (χ0v) is 4.26. The summed E-state index contributed by atoms with van der Waals surface area (Å²) in [6.45, 7) is 0. The van der Waals surface area contributed by atoms with Gasteiger partial charge in [-0.3, -0.25) is 0 Å². The molecule has 0 saturated carbocycles. The quantitative estimate of drug-likeness (QED) is 0.385. The highest BCUT2D eigenvalue weighted by Crippen LogP contribution is 1.98. The summed E-state index contributed by atoms with van der Waals surface area (Å²) in [5.74, 6) is 0. The average molecular weight is 110 g/mol. The van der Waals surface area contributed by atoms with Crippen LogP contribution in [0.2, 0.25) is 0 Å². The van der Waals surface area contributed by atoms with Crippen molar-refractivity contribution >= 4 is 0 Å². The smallest absolute Gasteiger partial charge is 0.247 e. The zero-order chi connectivity index (χ0) is 5.91. The Kier molecular flexibility index (Phi) is 2.11. The minimum Gasteiger partial charge on any atom is -0.247 e. The summed E-state index contributed by atoms with van der Waals surface area (Å²) in [6.07, 6.45) is -2.92. The first kappa shape index (κ1) is 6.78. The van der Waals surface area contributed by atoms with Crippen LogP contribution in [-0.4, -0.2) is 20.3 Å². The first-order valence-electron chi connectivity index (χ1n) is 1.88. The molecule has 0 amide bonds. The topological polar surface area (TPSA) is 24.1 Å². The molecular formula is C3H8F2N2. The molecular weight excluding hydrogens is 102 g/mol. The van der Waals surface area contributed by atoms with E-state index in [1.165, 1.54) is 14.1 Å². The molecule has 0 atom stereocenters. The second-order valence-corrected chi connectivity index (χ2v) is 1.07. The summed E-state index contributed by atoms with van der Waals surface area (Å²) in [6, 6.07) is 0. The van der Waals surface area contributed by atoms with E-state index in [2.05, 4.69) is 0 Å². The molecule has 44 valence electrons. The van der Waals surface area contributed by atoms with Crippen LogP contribution >= 0.6 is 0 Å². The van der Waals surface area contributed by atoms with E-state index in [1.54, 1.807) is 10.6 Å². The third-order valence-electron chi connectivity index (χ3n) is 0.628. The van der Waals surface area contributed by atoms with Crippen LogP contribution in [0, 0.1) is 0 Å². The second-order valence-electron chi connectivity index (χ2n) is 1.07. The molecule has 0 aromatic rings. The Morgan fingerprint density at radius 3 is 1.43 bits per heavy atom. The Labute approximate surface area is 40.9 Å². The maximum atomic E-state index is 11.7. The first-order chi connectivity index (χ1) is 3.12. The van der Waals surface area contributed by atoms with Crippen LogP contribution in [-0.2, 0) is 0 Å². The number of halogens is 2. The van der Waals surface area contributed by atoms with Gasteiger partial charge in [0.05, 0.1) is 0 Å². The Hall–Kier alpha value is -0.220. The van der Waals surface area contributed by atoms with E-state index in [-0.39, 0.29) is 0 Å². The van der Waals surface area contributed by atoms with Gasteiger partial charge in [-0.25, -0.2) is 10.6 Å². The molecule has 0 aromatic carbocycles. The van der Waals surface area contributed by atoms with E-state index in [0.717, 1.165) is 0 Å². The molecule has 0 spiro atoms. The van der Waals surface area contributed by atoms with Crippen molar-refractivity contribution in [3.63, 3.8) is 0 Å². The Bertz CT molecular complexity index is 48.9.